The van der Waals surface area contributed by atoms with Crippen LogP contribution in [-0.2, 0) is 0 Å². The number of alkyl halides is 1. The van der Waals surface area contributed by atoms with Crippen LogP contribution in [0.5, 0.6) is 0 Å². The molecule has 21 heavy (non-hydrogen) atoms. The van der Waals surface area contributed by atoms with Crippen LogP contribution in [0.15, 0.2) is 54.3 Å². The van der Waals surface area contributed by atoms with Crippen LogP contribution < -0.4 is 0 Å². The van der Waals surface area contributed by atoms with E-state index in [1.807, 2.05) is 13.8 Å². The number of nitrogens with zero attached hydrogens (tertiary/aromatic N) is 3. The van der Waals surface area contributed by atoms with Crippen molar-refractivity contribution >= 4 is 11.9 Å². The maximum Gasteiger partial charge on any atom is 0.131 e. The van der Waals surface area contributed by atoms with Crippen molar-refractivity contribution in [3.63, 3.8) is 0 Å². The van der Waals surface area contributed by atoms with Gasteiger partial charge in [0.25, 0.3) is 0 Å². The Morgan fingerprint density at radius 2 is 2.24 bits per heavy atom. The van der Waals surface area contributed by atoms with Gasteiger partial charge in [0.05, 0.1) is 23.2 Å². The highest BCUT2D eigenvalue weighted by Gasteiger charge is 2.07. The summed E-state index contributed by atoms with van der Waals surface area (Å²) in [7, 11) is 0. The molecule has 0 aliphatic heterocycles. The van der Waals surface area contributed by atoms with Gasteiger partial charge >= 0.3 is 0 Å². The van der Waals surface area contributed by atoms with Crippen molar-refractivity contribution in [3.05, 3.63) is 60.6 Å². The first kappa shape index (κ1) is 16.4. The van der Waals surface area contributed by atoms with Crippen LogP contribution in [0.4, 0.5) is 4.39 Å². The third-order valence-electron chi connectivity index (χ3n) is 2.65. The van der Waals surface area contributed by atoms with Gasteiger partial charge in [-0.05, 0) is 25.8 Å². The lowest BCUT2D eigenvalue weighted by molar-refractivity contribution is 0.551. The smallest absolute Gasteiger partial charge is 0.131 e. The summed E-state index contributed by atoms with van der Waals surface area (Å²) < 4.78 is 14.5. The highest BCUT2D eigenvalue weighted by atomic mass is 19.1. The summed E-state index contributed by atoms with van der Waals surface area (Å²) in [6.07, 6.45) is 9.69. The number of rotatable bonds is 5. The Labute approximate surface area is 124 Å². The van der Waals surface area contributed by atoms with E-state index in [1.54, 1.807) is 30.6 Å². The summed E-state index contributed by atoms with van der Waals surface area (Å²) in [5, 5.41) is 4.16. The molecule has 3 nitrogen and oxygen atoms in total. The molecule has 1 rings (SSSR count). The second kappa shape index (κ2) is 8.49. The molecule has 0 aliphatic carbocycles. The largest absolute Gasteiger partial charge is 0.248 e. The maximum atomic E-state index is 13.0. The number of hydrogen-bond acceptors (Lipinski definition) is 2. The SMILES string of the molecule is C=C/C=N\C(C#Cc1cnn(/C(=C/C=C)CF)c1C)=C/C. The summed E-state index contributed by atoms with van der Waals surface area (Å²) in [6.45, 7) is 10.2. The number of aromatic nitrogens is 2. The van der Waals surface area contributed by atoms with Crippen LogP contribution >= 0.6 is 0 Å². The van der Waals surface area contributed by atoms with Crippen LogP contribution in [-0.4, -0.2) is 22.7 Å². The third-order valence-corrected chi connectivity index (χ3v) is 2.65. The first-order valence-corrected chi connectivity index (χ1v) is 6.43. The molecule has 0 N–H and O–H groups in total. The van der Waals surface area contributed by atoms with Crippen molar-refractivity contribution in [2.75, 3.05) is 6.67 Å². The topological polar surface area (TPSA) is 30.2 Å². The molecule has 0 amide bonds. The molecular weight excluding hydrogens is 265 g/mol. The van der Waals surface area contributed by atoms with Gasteiger partial charge in [-0.15, -0.1) is 0 Å². The molecular formula is C17H18FN3. The molecule has 0 saturated heterocycles. The van der Waals surface area contributed by atoms with Gasteiger partial charge in [-0.25, -0.2) is 14.1 Å². The number of allylic oxidation sites excluding steroid dienone is 6. The summed E-state index contributed by atoms with van der Waals surface area (Å²) in [6, 6.07) is 0. The van der Waals surface area contributed by atoms with Gasteiger partial charge < -0.3 is 0 Å². The fourth-order valence-electron chi connectivity index (χ4n) is 1.57. The van der Waals surface area contributed by atoms with Gasteiger partial charge in [0.1, 0.15) is 12.4 Å². The Morgan fingerprint density at radius 3 is 2.81 bits per heavy atom. The first-order valence-electron chi connectivity index (χ1n) is 6.43. The van der Waals surface area contributed by atoms with Crippen molar-refractivity contribution in [2.24, 2.45) is 4.99 Å². The highest BCUT2D eigenvalue weighted by molar-refractivity contribution is 5.72. The van der Waals surface area contributed by atoms with Crippen molar-refractivity contribution in [3.8, 4) is 11.8 Å². The molecule has 0 aliphatic rings. The van der Waals surface area contributed by atoms with Gasteiger partial charge in [0.15, 0.2) is 0 Å². The Kier molecular flexibility index (Phi) is 6.62. The van der Waals surface area contributed by atoms with E-state index in [0.717, 1.165) is 11.3 Å². The predicted octanol–water partition coefficient (Wildman–Crippen LogP) is 3.70. The fourth-order valence-corrected chi connectivity index (χ4v) is 1.57. The number of hydrogen-bond donors (Lipinski definition) is 0. The van der Waals surface area contributed by atoms with E-state index in [-0.39, 0.29) is 0 Å². The highest BCUT2D eigenvalue weighted by Crippen LogP contribution is 2.13. The molecule has 0 spiro atoms. The zero-order valence-electron chi connectivity index (χ0n) is 12.3. The molecule has 0 radical (unpaired) electrons. The molecule has 1 aromatic rings. The molecule has 0 atom stereocenters. The third kappa shape index (κ3) is 4.43. The van der Waals surface area contributed by atoms with Crippen molar-refractivity contribution in [2.45, 2.75) is 13.8 Å². The monoisotopic (exact) mass is 283 g/mol. The lowest BCUT2D eigenvalue weighted by atomic mass is 10.2. The van der Waals surface area contributed by atoms with E-state index < -0.39 is 6.67 Å². The van der Waals surface area contributed by atoms with Gasteiger partial charge in [-0.1, -0.05) is 37.3 Å². The zero-order chi connectivity index (χ0) is 15.7. The summed E-state index contributed by atoms with van der Waals surface area (Å²) in [5.41, 5.74) is 2.56. The predicted molar refractivity (Wildman–Crippen MR) is 86.7 cm³/mol. The van der Waals surface area contributed by atoms with Crippen LogP contribution in [0.25, 0.3) is 5.70 Å². The second-order valence-electron chi connectivity index (χ2n) is 4.02. The molecule has 0 fully saturated rings. The standard InChI is InChI=1S/C17H18FN3/c1-5-8-17(12-18)21-14(4)15(13-20-21)9-10-16(7-3)19-11-6-2/h5-8,11,13H,1-2,12H2,3-4H3/b16-7-,17-8+,19-11-. The molecule has 1 aromatic heterocycles. The molecule has 0 aromatic carbocycles. The van der Waals surface area contributed by atoms with E-state index in [1.165, 1.54) is 10.8 Å². The van der Waals surface area contributed by atoms with Gasteiger partial charge in [0.2, 0.25) is 0 Å². The minimum absolute atomic E-state index is 0.423. The summed E-state index contributed by atoms with van der Waals surface area (Å²) in [4.78, 5) is 4.13. The molecule has 0 saturated carbocycles. The number of halogens is 1. The molecule has 4 heteroatoms. The van der Waals surface area contributed by atoms with Gasteiger partial charge in [-0.3, -0.25) is 0 Å². The minimum Gasteiger partial charge on any atom is -0.248 e. The van der Waals surface area contributed by atoms with Crippen molar-refractivity contribution < 1.29 is 4.39 Å². The van der Waals surface area contributed by atoms with Crippen molar-refractivity contribution in [1.29, 1.82) is 0 Å². The average molecular weight is 283 g/mol. The van der Waals surface area contributed by atoms with Crippen LogP contribution in [0.3, 0.4) is 0 Å². The summed E-state index contributed by atoms with van der Waals surface area (Å²) in [5.74, 6) is 5.93. The Hall–Kier alpha value is -2.67. The lowest BCUT2D eigenvalue weighted by Gasteiger charge is -2.04. The molecule has 1 heterocycles. The lowest BCUT2D eigenvalue weighted by Crippen LogP contribution is -2.03. The van der Waals surface area contributed by atoms with Crippen LogP contribution in [0.1, 0.15) is 18.2 Å². The van der Waals surface area contributed by atoms with E-state index in [0.29, 0.717) is 11.4 Å². The average Bonchev–Trinajstić information content (AvgIpc) is 2.86. The molecule has 0 bridgehead atoms. The molecule has 0 unspecified atom stereocenters. The summed E-state index contributed by atoms with van der Waals surface area (Å²) >= 11 is 0. The minimum atomic E-state index is -0.620. The van der Waals surface area contributed by atoms with Gasteiger partial charge in [0, 0.05) is 6.21 Å². The van der Waals surface area contributed by atoms with E-state index in [9.17, 15) is 4.39 Å². The first-order chi connectivity index (χ1) is 10.2. The Bertz CT molecular complexity index is 664. The Morgan fingerprint density at radius 1 is 1.48 bits per heavy atom. The Balaban J connectivity index is 3.11. The maximum absolute atomic E-state index is 13.0. The van der Waals surface area contributed by atoms with Crippen LogP contribution in [0.2, 0.25) is 0 Å². The second-order valence-corrected chi connectivity index (χ2v) is 4.02. The zero-order valence-corrected chi connectivity index (χ0v) is 12.3. The normalized spacial score (nSPS) is 12.1. The van der Waals surface area contributed by atoms with Gasteiger partial charge in [-0.2, -0.15) is 5.10 Å². The van der Waals surface area contributed by atoms with E-state index in [2.05, 4.69) is 35.1 Å². The number of aliphatic imine (C=N–C) groups is 1. The van der Waals surface area contributed by atoms with Crippen molar-refractivity contribution in [1.82, 2.24) is 9.78 Å². The van der Waals surface area contributed by atoms with E-state index >= 15 is 0 Å². The molecule has 108 valence electrons. The van der Waals surface area contributed by atoms with E-state index in [4.69, 9.17) is 0 Å². The van der Waals surface area contributed by atoms with Crippen LogP contribution in [0, 0.1) is 18.8 Å². The fraction of sp³-hybridized carbons (Fsp3) is 0.176. The quantitative estimate of drug-likeness (QED) is 0.460.